The first-order valence-corrected chi connectivity index (χ1v) is 14.9. The summed E-state index contributed by atoms with van der Waals surface area (Å²) in [4.78, 5) is 23.4. The van der Waals surface area contributed by atoms with Gasteiger partial charge in [-0.05, 0) is 74.7 Å². The van der Waals surface area contributed by atoms with E-state index in [9.17, 15) is 28.2 Å². The minimum absolute atomic E-state index is 0.0404. The third-order valence-corrected chi connectivity index (χ3v) is 11.2. The maximum Gasteiger partial charge on any atom is 0.331 e. The molecule has 2 N–H and O–H groups in total. The number of rotatable bonds is 5. The lowest BCUT2D eigenvalue weighted by atomic mass is 9.41. The molecule has 10 heteroatoms. The molecule has 1 aliphatic heterocycles. The van der Waals surface area contributed by atoms with Gasteiger partial charge in [0.05, 0.1) is 24.1 Å². The van der Waals surface area contributed by atoms with E-state index in [1.807, 2.05) is 0 Å². The van der Waals surface area contributed by atoms with Gasteiger partial charge in [-0.2, -0.15) is 8.42 Å². The van der Waals surface area contributed by atoms with Crippen LogP contribution < -0.4 is 0 Å². The van der Waals surface area contributed by atoms with Crippen molar-refractivity contribution in [2.75, 3.05) is 19.5 Å². The standard InChI is InChI=1S/C26H38O9S/c1-16(27)35-18-4-9-24(15-34-36(3,31)32)20-5-8-23(2)19(17-12-22(28)33-14-17)7-11-26(23,30)21(20)6-10-25(24,29)13-18/h12,18-21,29-30H,4-11,13-15H2,1-3H3/t18-,19+,20-,21+,23+,24-,25-,26+/m0/s1. The normalized spacial score (nSPS) is 46.2. The molecule has 4 saturated carbocycles. The second-order valence-corrected chi connectivity index (χ2v) is 13.8. The lowest BCUT2D eigenvalue weighted by Crippen LogP contribution is -2.69. The molecule has 4 fully saturated rings. The Labute approximate surface area is 212 Å². The fourth-order valence-electron chi connectivity index (χ4n) is 9.02. The molecule has 0 aromatic carbocycles. The third-order valence-electron chi connectivity index (χ3n) is 10.6. The van der Waals surface area contributed by atoms with Gasteiger partial charge in [0.15, 0.2) is 0 Å². The van der Waals surface area contributed by atoms with Crippen LogP contribution in [0.4, 0.5) is 0 Å². The van der Waals surface area contributed by atoms with Gasteiger partial charge in [0.25, 0.3) is 10.1 Å². The average molecular weight is 527 g/mol. The van der Waals surface area contributed by atoms with Crippen molar-refractivity contribution in [3.8, 4) is 0 Å². The molecule has 8 atom stereocenters. The Kier molecular flexibility index (Phi) is 6.18. The van der Waals surface area contributed by atoms with E-state index in [0.29, 0.717) is 44.9 Å². The molecule has 0 aromatic heterocycles. The zero-order chi connectivity index (χ0) is 26.1. The number of cyclic esters (lactones) is 1. The van der Waals surface area contributed by atoms with Crippen LogP contribution in [0.3, 0.4) is 0 Å². The highest BCUT2D eigenvalue weighted by atomic mass is 32.2. The quantitative estimate of drug-likeness (QED) is 0.408. The Balaban J connectivity index is 1.50. The van der Waals surface area contributed by atoms with Gasteiger partial charge < -0.3 is 19.7 Å². The number of esters is 2. The molecule has 0 aromatic rings. The van der Waals surface area contributed by atoms with Crippen LogP contribution in [0, 0.1) is 28.6 Å². The van der Waals surface area contributed by atoms with E-state index in [1.54, 1.807) is 6.08 Å². The molecule has 0 radical (unpaired) electrons. The minimum Gasteiger partial charge on any atom is -0.462 e. The van der Waals surface area contributed by atoms with E-state index in [0.717, 1.165) is 18.2 Å². The van der Waals surface area contributed by atoms with E-state index in [2.05, 4.69) is 6.92 Å². The van der Waals surface area contributed by atoms with Crippen LogP contribution in [0.2, 0.25) is 0 Å². The summed E-state index contributed by atoms with van der Waals surface area (Å²) in [5.41, 5.74) is -2.67. The fraction of sp³-hybridized carbons (Fsp3) is 0.846. The minimum atomic E-state index is -3.76. The molecule has 0 bridgehead atoms. The second-order valence-electron chi connectivity index (χ2n) is 12.2. The molecule has 5 aliphatic rings. The number of carbonyl (C=O) groups is 2. The van der Waals surface area contributed by atoms with E-state index < -0.39 is 44.2 Å². The van der Waals surface area contributed by atoms with Crippen LogP contribution in [-0.2, 0) is 33.4 Å². The van der Waals surface area contributed by atoms with Crippen molar-refractivity contribution in [1.82, 2.24) is 0 Å². The van der Waals surface area contributed by atoms with Gasteiger partial charge in [0, 0.05) is 30.3 Å². The summed E-state index contributed by atoms with van der Waals surface area (Å²) in [5, 5.41) is 24.5. The first kappa shape index (κ1) is 26.1. The van der Waals surface area contributed by atoms with Crippen LogP contribution in [-0.4, -0.2) is 67.3 Å². The lowest BCUT2D eigenvalue weighted by Gasteiger charge is -2.66. The van der Waals surface area contributed by atoms with Crippen molar-refractivity contribution in [2.45, 2.75) is 88.9 Å². The highest BCUT2D eigenvalue weighted by molar-refractivity contribution is 7.85. The summed E-state index contributed by atoms with van der Waals surface area (Å²) in [6, 6.07) is 0. The monoisotopic (exact) mass is 526 g/mol. The maximum atomic E-state index is 12.4. The van der Waals surface area contributed by atoms with Crippen molar-refractivity contribution in [1.29, 1.82) is 0 Å². The van der Waals surface area contributed by atoms with E-state index >= 15 is 0 Å². The molecule has 0 amide bonds. The molecule has 5 rings (SSSR count). The molecule has 4 aliphatic carbocycles. The second kappa shape index (κ2) is 8.51. The van der Waals surface area contributed by atoms with Gasteiger partial charge in [0.1, 0.15) is 12.7 Å². The SMILES string of the molecule is CC(=O)O[C@H]1CC[C@]2(COS(C)(=O)=O)[C@H]3CC[C@]4(C)[C@@H](C5=CC(=O)OC5)CC[C@@]4(O)[C@@H]3CC[C@]2(O)C1. The number of ether oxygens (including phenoxy) is 2. The number of hydrogen-bond acceptors (Lipinski definition) is 9. The highest BCUT2D eigenvalue weighted by Crippen LogP contribution is 2.70. The predicted octanol–water partition coefficient (Wildman–Crippen LogP) is 2.25. The van der Waals surface area contributed by atoms with Gasteiger partial charge in [-0.1, -0.05) is 6.92 Å². The smallest absolute Gasteiger partial charge is 0.331 e. The first-order chi connectivity index (χ1) is 16.7. The Hall–Kier alpha value is -1.49. The molecule has 36 heavy (non-hydrogen) atoms. The number of carbonyl (C=O) groups excluding carboxylic acids is 2. The first-order valence-electron chi connectivity index (χ1n) is 13.1. The van der Waals surface area contributed by atoms with Crippen molar-refractivity contribution in [3.05, 3.63) is 11.6 Å². The Bertz CT molecular complexity index is 1080. The topological polar surface area (TPSA) is 136 Å². The van der Waals surface area contributed by atoms with Gasteiger partial charge in [-0.15, -0.1) is 0 Å². The molecule has 1 heterocycles. The predicted molar refractivity (Wildman–Crippen MR) is 128 cm³/mol. The molecular formula is C26H38O9S. The fourth-order valence-corrected chi connectivity index (χ4v) is 9.44. The Morgan fingerprint density at radius 1 is 1.11 bits per heavy atom. The average Bonchev–Trinajstić information content (AvgIpc) is 3.31. The van der Waals surface area contributed by atoms with Crippen molar-refractivity contribution in [2.24, 2.45) is 28.6 Å². The molecule has 0 spiro atoms. The zero-order valence-corrected chi connectivity index (χ0v) is 22.1. The summed E-state index contributed by atoms with van der Waals surface area (Å²) in [6.07, 6.45) is 7.01. The Morgan fingerprint density at radius 3 is 2.47 bits per heavy atom. The third kappa shape index (κ3) is 3.85. The van der Waals surface area contributed by atoms with Crippen molar-refractivity contribution in [3.63, 3.8) is 0 Å². The van der Waals surface area contributed by atoms with Crippen molar-refractivity contribution < 1.29 is 41.9 Å². The van der Waals surface area contributed by atoms with E-state index in [4.69, 9.17) is 13.7 Å². The van der Waals surface area contributed by atoms with E-state index in [-0.39, 0.29) is 43.4 Å². The Morgan fingerprint density at radius 2 is 1.83 bits per heavy atom. The summed E-state index contributed by atoms with van der Waals surface area (Å²) < 4.78 is 40.2. The molecule has 9 nitrogen and oxygen atoms in total. The molecule has 0 unspecified atom stereocenters. The van der Waals surface area contributed by atoms with Crippen molar-refractivity contribution >= 4 is 22.1 Å². The van der Waals surface area contributed by atoms with Crippen LogP contribution in [0.5, 0.6) is 0 Å². The van der Waals surface area contributed by atoms with Crippen LogP contribution in [0.15, 0.2) is 11.6 Å². The largest absolute Gasteiger partial charge is 0.462 e. The van der Waals surface area contributed by atoms with Crippen LogP contribution in [0.1, 0.15) is 71.6 Å². The number of aliphatic hydroxyl groups is 2. The van der Waals surface area contributed by atoms with Gasteiger partial charge in [-0.3, -0.25) is 8.98 Å². The van der Waals surface area contributed by atoms with Gasteiger partial charge >= 0.3 is 11.9 Å². The highest BCUT2D eigenvalue weighted by Gasteiger charge is 2.71. The van der Waals surface area contributed by atoms with Gasteiger partial charge in [-0.25, -0.2) is 4.79 Å². The summed E-state index contributed by atoms with van der Waals surface area (Å²) >= 11 is 0. The van der Waals surface area contributed by atoms with Crippen LogP contribution >= 0.6 is 0 Å². The molecule has 0 saturated heterocycles. The number of hydrogen-bond donors (Lipinski definition) is 2. The summed E-state index contributed by atoms with van der Waals surface area (Å²) in [6.45, 7) is 3.58. The molecular weight excluding hydrogens is 488 g/mol. The maximum absolute atomic E-state index is 12.4. The summed E-state index contributed by atoms with van der Waals surface area (Å²) in [5.74, 6) is -0.988. The summed E-state index contributed by atoms with van der Waals surface area (Å²) in [7, 11) is -3.76. The zero-order valence-electron chi connectivity index (χ0n) is 21.3. The van der Waals surface area contributed by atoms with Gasteiger partial charge in [0.2, 0.25) is 0 Å². The van der Waals surface area contributed by atoms with Crippen LogP contribution in [0.25, 0.3) is 0 Å². The van der Waals surface area contributed by atoms with E-state index in [1.165, 1.54) is 6.92 Å². The molecule has 202 valence electrons. The number of fused-ring (bicyclic) bond motifs is 5. The lowest BCUT2D eigenvalue weighted by molar-refractivity contribution is -0.268.